The SMILES string of the molecule is [2H]C[C@H]1O[C@@H](N2C=CC(=O)NC2=C)C(F)[C@H]1OP(OCCc1ccccc1SSC(C)(C)CN(C)C)N(C(C)C)C(C)C. The van der Waals surface area contributed by atoms with E-state index in [4.69, 9.17) is 15.2 Å². The molecule has 1 amide bonds. The zero-order valence-corrected chi connectivity index (χ0v) is 28.6. The number of hydrogen-bond donors (Lipinski definition) is 1. The summed E-state index contributed by atoms with van der Waals surface area (Å²) in [5, 5.41) is 2.57. The Kier molecular flexibility index (Phi) is 12.6. The van der Waals surface area contributed by atoms with Gasteiger partial charge in [0.1, 0.15) is 11.9 Å². The van der Waals surface area contributed by atoms with Gasteiger partial charge in [0.05, 0.1) is 12.7 Å². The Hall–Kier alpha value is -1.17. The van der Waals surface area contributed by atoms with Crippen LogP contribution in [0.1, 0.15) is 55.4 Å². The second-order valence-electron chi connectivity index (χ2n) is 11.9. The molecule has 8 nitrogen and oxygen atoms in total. The van der Waals surface area contributed by atoms with Crippen LogP contribution in [0.5, 0.6) is 0 Å². The monoisotopic (exact) mass is 643 g/mol. The van der Waals surface area contributed by atoms with Gasteiger partial charge >= 0.3 is 0 Å². The van der Waals surface area contributed by atoms with Crippen LogP contribution >= 0.6 is 30.1 Å². The van der Waals surface area contributed by atoms with Crippen molar-refractivity contribution in [2.75, 3.05) is 27.2 Å². The fourth-order valence-corrected chi connectivity index (χ4v) is 9.36. The van der Waals surface area contributed by atoms with E-state index in [0.29, 0.717) is 13.0 Å². The van der Waals surface area contributed by atoms with E-state index in [9.17, 15) is 4.79 Å². The molecule has 0 aliphatic carbocycles. The van der Waals surface area contributed by atoms with Gasteiger partial charge in [0.2, 0.25) is 0 Å². The van der Waals surface area contributed by atoms with Crippen LogP contribution in [0.15, 0.2) is 53.8 Å². The van der Waals surface area contributed by atoms with Crippen LogP contribution in [0.25, 0.3) is 0 Å². The van der Waals surface area contributed by atoms with E-state index in [1.54, 1.807) is 10.8 Å². The summed E-state index contributed by atoms with van der Waals surface area (Å²) in [6.07, 6.45) is -1.09. The molecule has 3 rings (SSSR count). The fourth-order valence-electron chi connectivity index (χ4n) is 4.97. The van der Waals surface area contributed by atoms with Gasteiger partial charge in [-0.05, 0) is 80.6 Å². The second-order valence-corrected chi connectivity index (χ2v) is 16.2. The van der Waals surface area contributed by atoms with Gasteiger partial charge in [0, 0.05) is 41.9 Å². The number of nitrogens with zero attached hydrogens (tertiary/aromatic N) is 3. The molecule has 0 radical (unpaired) electrons. The first-order chi connectivity index (χ1) is 20.2. The van der Waals surface area contributed by atoms with Crippen LogP contribution in [0, 0.1) is 0 Å². The number of halogens is 1. The van der Waals surface area contributed by atoms with E-state index < -0.39 is 33.1 Å². The van der Waals surface area contributed by atoms with Gasteiger partial charge in [0.15, 0.2) is 12.4 Å². The highest BCUT2D eigenvalue weighted by Gasteiger charge is 2.49. The molecule has 236 valence electrons. The zero-order chi connectivity index (χ0) is 31.9. The van der Waals surface area contributed by atoms with Crippen LogP contribution < -0.4 is 5.32 Å². The summed E-state index contributed by atoms with van der Waals surface area (Å²) >= 11 is 0. The van der Waals surface area contributed by atoms with Crippen molar-refractivity contribution in [2.45, 2.75) is 101 Å². The number of benzene rings is 1. The molecule has 42 heavy (non-hydrogen) atoms. The Morgan fingerprint density at radius 2 is 1.95 bits per heavy atom. The number of alkyl halides is 1. The summed E-state index contributed by atoms with van der Waals surface area (Å²) in [6, 6.07) is 8.51. The lowest BCUT2D eigenvalue weighted by Gasteiger charge is -2.37. The van der Waals surface area contributed by atoms with Crippen molar-refractivity contribution in [3.05, 3.63) is 54.5 Å². The number of carbonyl (C=O) groups excluding carboxylic acids is 1. The van der Waals surface area contributed by atoms with E-state index in [-0.39, 0.29) is 35.5 Å². The average Bonchev–Trinajstić information content (AvgIpc) is 3.21. The maximum absolute atomic E-state index is 16.0. The third-order valence-electron chi connectivity index (χ3n) is 6.57. The lowest BCUT2D eigenvalue weighted by molar-refractivity contribution is -0.117. The molecule has 1 fully saturated rings. The van der Waals surface area contributed by atoms with Gasteiger partial charge in [-0.1, -0.05) is 46.4 Å². The second kappa shape index (κ2) is 15.7. The lowest BCUT2D eigenvalue weighted by atomic mass is 10.1. The number of rotatable bonds is 15. The number of ether oxygens (including phenoxy) is 1. The highest BCUT2D eigenvalue weighted by molar-refractivity contribution is 8.77. The predicted octanol–water partition coefficient (Wildman–Crippen LogP) is 6.56. The minimum Gasteiger partial charge on any atom is -0.349 e. The topological polar surface area (TPSA) is 66.5 Å². The van der Waals surface area contributed by atoms with Gasteiger partial charge < -0.3 is 28.9 Å². The Labute approximate surface area is 262 Å². The van der Waals surface area contributed by atoms with Crippen LogP contribution in [0.4, 0.5) is 4.39 Å². The molecule has 2 aliphatic rings. The van der Waals surface area contributed by atoms with E-state index >= 15 is 4.39 Å². The van der Waals surface area contributed by atoms with Crippen molar-refractivity contribution >= 4 is 36.0 Å². The van der Waals surface area contributed by atoms with Gasteiger partial charge in [-0.3, -0.25) is 4.79 Å². The summed E-state index contributed by atoms with van der Waals surface area (Å²) in [7, 11) is 6.13. The summed E-state index contributed by atoms with van der Waals surface area (Å²) in [6.45, 7) is 17.8. The smallest absolute Gasteiger partial charge is 0.259 e. The molecule has 2 heterocycles. The molecule has 12 heteroatoms. The van der Waals surface area contributed by atoms with Gasteiger partial charge in [-0.2, -0.15) is 0 Å². The molecule has 5 atom stereocenters. The van der Waals surface area contributed by atoms with Gasteiger partial charge in [-0.25, -0.2) is 9.06 Å². The lowest BCUT2D eigenvalue weighted by Crippen LogP contribution is -2.45. The molecule has 2 unspecified atom stereocenters. The number of amides is 1. The standard InChI is InChI=1S/C30H48FN4O4PS2/c1-20(2)35(21(3)4)40(39-28-22(5)38-29(27(28)31)34-17-15-26(36)32-23(34)6)37-18-16-24-13-11-12-14-25(24)41-42-30(7,8)19-33(9)10/h11-15,17,20-22,27-29H,6,16,18-19H2,1-5,7-10H3,(H,32,36)/t22-,27?,28+,29-,40?/m1/s1/i5D. The summed E-state index contributed by atoms with van der Waals surface area (Å²) in [5.74, 6) is -0.120. The van der Waals surface area contributed by atoms with E-state index in [2.05, 4.69) is 95.3 Å². The summed E-state index contributed by atoms with van der Waals surface area (Å²) < 4.78 is 45.2. The Morgan fingerprint density at radius 3 is 2.57 bits per heavy atom. The molecular weight excluding hydrogens is 594 g/mol. The zero-order valence-electron chi connectivity index (χ0n) is 27.1. The van der Waals surface area contributed by atoms with Crippen molar-refractivity contribution in [1.82, 2.24) is 19.8 Å². The first-order valence-corrected chi connectivity index (χ1v) is 17.5. The summed E-state index contributed by atoms with van der Waals surface area (Å²) in [5.41, 5.74) is 1.19. The van der Waals surface area contributed by atoms with Crippen LogP contribution in [-0.2, 0) is 25.0 Å². The minimum atomic E-state index is -1.69. The fraction of sp³-hybridized carbons (Fsp3) is 0.633. The van der Waals surface area contributed by atoms with Crippen LogP contribution in [0.2, 0.25) is 0 Å². The third kappa shape index (κ3) is 9.66. The molecule has 1 aromatic rings. The first-order valence-electron chi connectivity index (χ1n) is 15.0. The summed E-state index contributed by atoms with van der Waals surface area (Å²) in [4.78, 5) is 16.5. The van der Waals surface area contributed by atoms with Crippen molar-refractivity contribution in [3.8, 4) is 0 Å². The van der Waals surface area contributed by atoms with Crippen LogP contribution in [-0.4, -0.2) is 89.1 Å². The van der Waals surface area contributed by atoms with E-state index in [1.807, 2.05) is 16.9 Å². The molecule has 0 bridgehead atoms. The molecule has 0 spiro atoms. The Morgan fingerprint density at radius 1 is 1.26 bits per heavy atom. The molecule has 2 aliphatic heterocycles. The molecule has 0 aromatic heterocycles. The molecule has 0 saturated carbocycles. The maximum atomic E-state index is 16.0. The number of carbonyl (C=O) groups is 1. The van der Waals surface area contributed by atoms with E-state index in [1.165, 1.54) is 27.6 Å². The predicted molar refractivity (Wildman–Crippen MR) is 174 cm³/mol. The largest absolute Gasteiger partial charge is 0.349 e. The first kappa shape index (κ1) is 33.7. The van der Waals surface area contributed by atoms with E-state index in [0.717, 1.165) is 6.54 Å². The molecular formula is C30H48FN4O4PS2. The van der Waals surface area contributed by atoms with Crippen molar-refractivity contribution < 1.29 is 24.3 Å². The van der Waals surface area contributed by atoms with Gasteiger partial charge in [-0.15, -0.1) is 0 Å². The number of hydrogen-bond acceptors (Lipinski definition) is 9. The molecule has 1 N–H and O–H groups in total. The van der Waals surface area contributed by atoms with Crippen molar-refractivity contribution in [3.63, 3.8) is 0 Å². The normalized spacial score (nSPS) is 24.3. The quantitative estimate of drug-likeness (QED) is 0.169. The Bertz CT molecular complexity index is 1110. The average molecular weight is 644 g/mol. The van der Waals surface area contributed by atoms with Gasteiger partial charge in [0.25, 0.3) is 14.4 Å². The maximum Gasteiger partial charge on any atom is 0.259 e. The van der Waals surface area contributed by atoms with Crippen molar-refractivity contribution in [2.24, 2.45) is 0 Å². The molecule has 1 aromatic carbocycles. The number of nitrogens with one attached hydrogen (secondary N) is 1. The Balaban J connectivity index is 1.74. The highest BCUT2D eigenvalue weighted by atomic mass is 33.1. The highest BCUT2D eigenvalue weighted by Crippen LogP contribution is 2.50. The third-order valence-corrected chi connectivity index (χ3v) is 12.1. The minimum absolute atomic E-state index is 0.0786. The van der Waals surface area contributed by atoms with Crippen LogP contribution in [0.3, 0.4) is 0 Å². The van der Waals surface area contributed by atoms with Crippen molar-refractivity contribution in [1.29, 1.82) is 0 Å². The molecule has 1 saturated heterocycles.